The highest BCUT2D eigenvalue weighted by atomic mass is 16.5. The first kappa shape index (κ1) is 20.3. The van der Waals surface area contributed by atoms with E-state index in [1.807, 2.05) is 60.9 Å². The Labute approximate surface area is 170 Å². The van der Waals surface area contributed by atoms with Crippen LogP contribution in [0.3, 0.4) is 0 Å². The van der Waals surface area contributed by atoms with Gasteiger partial charge in [0.25, 0.3) is 0 Å². The van der Waals surface area contributed by atoms with Crippen LogP contribution in [0.1, 0.15) is 35.0 Å². The third-order valence-corrected chi connectivity index (χ3v) is 4.88. The number of Topliss-reactive ketones (excluding diaryl/α,β-unsaturated/α-hetero) is 1. The predicted molar refractivity (Wildman–Crippen MR) is 113 cm³/mol. The largest absolute Gasteiger partial charge is 0.497 e. The third-order valence-electron chi connectivity index (χ3n) is 4.88. The summed E-state index contributed by atoms with van der Waals surface area (Å²) in [5.41, 5.74) is 4.41. The minimum atomic E-state index is -0.124. The summed E-state index contributed by atoms with van der Waals surface area (Å²) in [5, 5.41) is 2.83. The highest BCUT2D eigenvalue weighted by molar-refractivity contribution is 5.97. The zero-order valence-electron chi connectivity index (χ0n) is 17.2. The number of benzene rings is 1. The molecule has 3 aromatic rings. The van der Waals surface area contributed by atoms with Crippen molar-refractivity contribution in [1.82, 2.24) is 9.55 Å². The van der Waals surface area contributed by atoms with Crippen LogP contribution >= 0.6 is 0 Å². The van der Waals surface area contributed by atoms with E-state index in [1.165, 1.54) is 0 Å². The Morgan fingerprint density at radius 1 is 1.10 bits per heavy atom. The number of hydrogen-bond donors (Lipinski definition) is 1. The molecule has 0 aliphatic rings. The minimum Gasteiger partial charge on any atom is -0.497 e. The van der Waals surface area contributed by atoms with Crippen molar-refractivity contribution in [2.75, 3.05) is 12.4 Å². The van der Waals surface area contributed by atoms with Crippen LogP contribution in [0.5, 0.6) is 5.75 Å². The number of aromatic nitrogens is 2. The quantitative estimate of drug-likeness (QED) is 0.606. The molecule has 150 valence electrons. The van der Waals surface area contributed by atoms with Crippen LogP contribution in [0.4, 0.5) is 5.82 Å². The average Bonchev–Trinajstić information content (AvgIpc) is 3.03. The van der Waals surface area contributed by atoms with E-state index in [0.29, 0.717) is 17.9 Å². The molecule has 1 aromatic carbocycles. The van der Waals surface area contributed by atoms with Gasteiger partial charge in [0.15, 0.2) is 5.78 Å². The van der Waals surface area contributed by atoms with Crippen LogP contribution in [0.15, 0.2) is 48.7 Å². The Bertz CT molecular complexity index is 1040. The molecule has 0 radical (unpaired) electrons. The van der Waals surface area contributed by atoms with E-state index in [-0.39, 0.29) is 18.1 Å². The molecule has 29 heavy (non-hydrogen) atoms. The maximum absolute atomic E-state index is 12.4. The molecule has 1 amide bonds. The molecule has 6 heteroatoms. The number of carbonyl (C=O) groups excluding carboxylic acids is 2. The summed E-state index contributed by atoms with van der Waals surface area (Å²) in [5.74, 6) is 1.19. The van der Waals surface area contributed by atoms with Gasteiger partial charge in [0.2, 0.25) is 5.91 Å². The fourth-order valence-corrected chi connectivity index (χ4v) is 3.31. The lowest BCUT2D eigenvalue weighted by Gasteiger charge is -2.13. The van der Waals surface area contributed by atoms with E-state index >= 15 is 0 Å². The lowest BCUT2D eigenvalue weighted by molar-refractivity contribution is -0.116. The minimum absolute atomic E-state index is 0.00410. The molecule has 2 aromatic heterocycles. The van der Waals surface area contributed by atoms with Gasteiger partial charge in [-0.3, -0.25) is 9.59 Å². The maximum atomic E-state index is 12.4. The van der Waals surface area contributed by atoms with Gasteiger partial charge in [-0.2, -0.15) is 0 Å². The van der Waals surface area contributed by atoms with Crippen molar-refractivity contribution in [3.63, 3.8) is 0 Å². The number of nitrogens with zero attached hydrogens (tertiary/aromatic N) is 2. The Kier molecular flexibility index (Phi) is 6.12. The Balaban J connectivity index is 1.83. The topological polar surface area (TPSA) is 73.2 Å². The van der Waals surface area contributed by atoms with Crippen LogP contribution in [0, 0.1) is 13.8 Å². The van der Waals surface area contributed by atoms with Gasteiger partial charge in [-0.25, -0.2) is 4.98 Å². The van der Waals surface area contributed by atoms with Crippen molar-refractivity contribution < 1.29 is 14.3 Å². The molecule has 1 N–H and O–H groups in total. The van der Waals surface area contributed by atoms with E-state index < -0.39 is 0 Å². The standard InChI is InChI=1S/C23H25N3O3/c1-15-9-11-24-22(13-15)25-23(28)10-12-26-16(2)20(17(3)27)14-21(26)18-5-7-19(29-4)8-6-18/h5-9,11,13-14H,10,12H2,1-4H3,(H,24,25,28). The van der Waals surface area contributed by atoms with Crippen molar-refractivity contribution in [2.24, 2.45) is 0 Å². The highest BCUT2D eigenvalue weighted by Gasteiger charge is 2.17. The maximum Gasteiger partial charge on any atom is 0.227 e. The molecule has 2 heterocycles. The van der Waals surface area contributed by atoms with Gasteiger partial charge < -0.3 is 14.6 Å². The van der Waals surface area contributed by atoms with Gasteiger partial charge in [0, 0.05) is 36.1 Å². The first-order valence-electron chi connectivity index (χ1n) is 9.47. The van der Waals surface area contributed by atoms with Crippen molar-refractivity contribution in [3.05, 3.63) is 65.5 Å². The number of pyridine rings is 1. The van der Waals surface area contributed by atoms with Gasteiger partial charge in [-0.05, 0) is 74.4 Å². The number of carbonyl (C=O) groups is 2. The fourth-order valence-electron chi connectivity index (χ4n) is 3.31. The fraction of sp³-hybridized carbons (Fsp3) is 0.261. The molecule has 0 saturated carbocycles. The molecule has 0 unspecified atom stereocenters. The molecule has 6 nitrogen and oxygen atoms in total. The Morgan fingerprint density at radius 2 is 1.83 bits per heavy atom. The van der Waals surface area contributed by atoms with Crippen LogP contribution in [-0.2, 0) is 11.3 Å². The van der Waals surface area contributed by atoms with Crippen LogP contribution in [-0.4, -0.2) is 28.4 Å². The molecule has 0 saturated heterocycles. The number of methoxy groups -OCH3 is 1. The molecule has 0 atom stereocenters. The molecule has 0 bridgehead atoms. The normalized spacial score (nSPS) is 10.6. The molecule has 3 rings (SSSR count). The second-order valence-corrected chi connectivity index (χ2v) is 6.98. The summed E-state index contributed by atoms with van der Waals surface area (Å²) < 4.78 is 7.24. The second-order valence-electron chi connectivity index (χ2n) is 6.98. The number of nitrogens with one attached hydrogen (secondary N) is 1. The zero-order chi connectivity index (χ0) is 21.0. The van der Waals surface area contributed by atoms with E-state index in [0.717, 1.165) is 28.3 Å². The molecular weight excluding hydrogens is 366 g/mol. The Morgan fingerprint density at radius 3 is 2.45 bits per heavy atom. The lowest BCUT2D eigenvalue weighted by atomic mass is 10.1. The summed E-state index contributed by atoms with van der Waals surface area (Å²) in [7, 11) is 1.62. The summed E-state index contributed by atoms with van der Waals surface area (Å²) in [6.45, 7) is 5.87. The molecule has 0 spiro atoms. The zero-order valence-corrected chi connectivity index (χ0v) is 17.2. The number of rotatable bonds is 7. The van der Waals surface area contributed by atoms with Gasteiger partial charge >= 0.3 is 0 Å². The summed E-state index contributed by atoms with van der Waals surface area (Å²) >= 11 is 0. The number of ether oxygens (including phenoxy) is 1. The van der Waals surface area contributed by atoms with E-state index in [1.54, 1.807) is 20.2 Å². The van der Waals surface area contributed by atoms with Gasteiger partial charge in [0.1, 0.15) is 11.6 Å². The van der Waals surface area contributed by atoms with E-state index in [4.69, 9.17) is 4.74 Å². The third kappa shape index (κ3) is 4.71. The van der Waals surface area contributed by atoms with Crippen LogP contribution < -0.4 is 10.1 Å². The predicted octanol–water partition coefficient (Wildman–Crippen LogP) is 4.41. The highest BCUT2D eigenvalue weighted by Crippen LogP contribution is 2.28. The number of ketones is 1. The Hall–Kier alpha value is -3.41. The first-order valence-corrected chi connectivity index (χ1v) is 9.47. The second kappa shape index (κ2) is 8.73. The summed E-state index contributed by atoms with van der Waals surface area (Å²) in [4.78, 5) is 28.7. The van der Waals surface area contributed by atoms with Gasteiger partial charge in [-0.15, -0.1) is 0 Å². The molecule has 0 aliphatic carbocycles. The average molecular weight is 391 g/mol. The van der Waals surface area contributed by atoms with Crippen LogP contribution in [0.2, 0.25) is 0 Å². The van der Waals surface area contributed by atoms with Gasteiger partial charge in [-0.1, -0.05) is 0 Å². The smallest absolute Gasteiger partial charge is 0.227 e. The SMILES string of the molecule is COc1ccc(-c2cc(C(C)=O)c(C)n2CCC(=O)Nc2cc(C)ccn2)cc1. The number of amides is 1. The number of aryl methyl sites for hydroxylation is 1. The number of anilines is 1. The van der Waals surface area contributed by atoms with E-state index in [2.05, 4.69) is 10.3 Å². The van der Waals surface area contributed by atoms with Crippen molar-refractivity contribution in [2.45, 2.75) is 33.7 Å². The van der Waals surface area contributed by atoms with Crippen molar-refractivity contribution >= 4 is 17.5 Å². The summed E-state index contributed by atoms with van der Waals surface area (Å²) in [6.07, 6.45) is 1.94. The molecule has 0 fully saturated rings. The van der Waals surface area contributed by atoms with Crippen molar-refractivity contribution in [3.8, 4) is 17.0 Å². The van der Waals surface area contributed by atoms with E-state index in [9.17, 15) is 9.59 Å². The molecule has 0 aliphatic heterocycles. The monoisotopic (exact) mass is 391 g/mol. The van der Waals surface area contributed by atoms with Crippen LogP contribution in [0.25, 0.3) is 11.3 Å². The summed E-state index contributed by atoms with van der Waals surface area (Å²) in [6, 6.07) is 13.3. The lowest BCUT2D eigenvalue weighted by Crippen LogP contribution is -2.16. The first-order chi connectivity index (χ1) is 13.9. The van der Waals surface area contributed by atoms with Gasteiger partial charge in [0.05, 0.1) is 7.11 Å². The molecular formula is C23H25N3O3. The number of hydrogen-bond acceptors (Lipinski definition) is 4. The van der Waals surface area contributed by atoms with Crippen molar-refractivity contribution in [1.29, 1.82) is 0 Å².